The van der Waals surface area contributed by atoms with Crippen molar-refractivity contribution >= 4 is 11.6 Å². The fraction of sp³-hybridized carbons (Fsp3) is 0.600. The van der Waals surface area contributed by atoms with E-state index in [1.54, 1.807) is 0 Å². The van der Waals surface area contributed by atoms with Crippen LogP contribution in [0.4, 0.5) is 0 Å². The second kappa shape index (κ2) is 5.88. The molecule has 1 N–H and O–H groups in total. The van der Waals surface area contributed by atoms with Crippen molar-refractivity contribution in [2.24, 2.45) is 11.3 Å². The Balaban J connectivity index is 2.56. The minimum Gasteiger partial charge on any atom is -0.393 e. The van der Waals surface area contributed by atoms with Gasteiger partial charge in [-0.3, -0.25) is 0 Å². The van der Waals surface area contributed by atoms with Gasteiger partial charge >= 0.3 is 0 Å². The topological polar surface area (TPSA) is 20.2 Å². The van der Waals surface area contributed by atoms with Gasteiger partial charge in [-0.1, -0.05) is 57.5 Å². The summed E-state index contributed by atoms with van der Waals surface area (Å²) >= 11 is 6.13. The van der Waals surface area contributed by atoms with E-state index in [2.05, 4.69) is 33.8 Å². The maximum atomic E-state index is 10.1. The van der Waals surface area contributed by atoms with E-state index in [9.17, 15) is 5.11 Å². The number of hydrogen-bond donors (Lipinski definition) is 1. The Morgan fingerprint density at radius 2 is 1.82 bits per heavy atom. The van der Waals surface area contributed by atoms with Crippen LogP contribution in [0.25, 0.3) is 0 Å². The molecule has 2 atom stereocenters. The summed E-state index contributed by atoms with van der Waals surface area (Å²) in [6.45, 7) is 8.37. The molecular weight excluding hydrogens is 232 g/mol. The van der Waals surface area contributed by atoms with Crippen molar-refractivity contribution in [3.63, 3.8) is 0 Å². The first-order valence-corrected chi connectivity index (χ1v) is 6.60. The third-order valence-electron chi connectivity index (χ3n) is 3.15. The van der Waals surface area contributed by atoms with Crippen molar-refractivity contribution in [3.05, 3.63) is 34.9 Å². The molecule has 1 aromatic carbocycles. The van der Waals surface area contributed by atoms with E-state index < -0.39 is 0 Å². The Morgan fingerprint density at radius 1 is 1.24 bits per heavy atom. The van der Waals surface area contributed by atoms with Gasteiger partial charge in [0.25, 0.3) is 0 Å². The summed E-state index contributed by atoms with van der Waals surface area (Å²) in [7, 11) is 0. The molecule has 0 fully saturated rings. The molecule has 0 saturated heterocycles. The molecule has 1 rings (SSSR count). The Bertz CT molecular complexity index is 354. The second-order valence-corrected chi connectivity index (χ2v) is 6.43. The number of aliphatic hydroxyl groups is 1. The summed E-state index contributed by atoms with van der Waals surface area (Å²) in [6, 6.07) is 7.93. The van der Waals surface area contributed by atoms with Crippen molar-refractivity contribution < 1.29 is 5.11 Å². The van der Waals surface area contributed by atoms with Crippen LogP contribution in [0, 0.1) is 11.3 Å². The first-order valence-electron chi connectivity index (χ1n) is 6.22. The van der Waals surface area contributed by atoms with E-state index in [-0.39, 0.29) is 11.5 Å². The minimum absolute atomic E-state index is 0.0469. The van der Waals surface area contributed by atoms with Crippen LogP contribution in [0.3, 0.4) is 0 Å². The summed E-state index contributed by atoms with van der Waals surface area (Å²) in [5.41, 5.74) is 1.12. The van der Waals surface area contributed by atoms with Crippen molar-refractivity contribution in [3.8, 4) is 0 Å². The molecule has 0 saturated carbocycles. The number of aliphatic hydroxyl groups excluding tert-OH is 1. The first-order chi connectivity index (χ1) is 7.80. The summed E-state index contributed by atoms with van der Waals surface area (Å²) in [5.74, 6) is 0.434. The number of benzene rings is 1. The lowest BCUT2D eigenvalue weighted by Gasteiger charge is -2.28. The molecule has 0 aliphatic carbocycles. The smallest absolute Gasteiger partial charge is 0.0591 e. The summed E-state index contributed by atoms with van der Waals surface area (Å²) < 4.78 is 0. The van der Waals surface area contributed by atoms with Gasteiger partial charge in [0.1, 0.15) is 0 Å². The zero-order chi connectivity index (χ0) is 13.1. The minimum atomic E-state index is -0.264. The lowest BCUT2D eigenvalue weighted by molar-refractivity contribution is 0.0432. The first kappa shape index (κ1) is 14.5. The third-order valence-corrected chi connectivity index (χ3v) is 3.52. The van der Waals surface area contributed by atoms with Crippen molar-refractivity contribution in [2.45, 2.75) is 46.6 Å². The molecule has 0 radical (unpaired) electrons. The van der Waals surface area contributed by atoms with Gasteiger partial charge in [-0.05, 0) is 35.8 Å². The lowest BCUT2D eigenvalue weighted by atomic mass is 9.82. The third kappa shape index (κ3) is 4.69. The molecule has 0 aliphatic heterocycles. The van der Waals surface area contributed by atoms with Gasteiger partial charge in [-0.15, -0.1) is 0 Å². The molecule has 0 heterocycles. The highest BCUT2D eigenvalue weighted by molar-refractivity contribution is 6.31. The van der Waals surface area contributed by atoms with Gasteiger partial charge < -0.3 is 5.11 Å². The summed E-state index contributed by atoms with van der Waals surface area (Å²) in [5, 5.41) is 10.9. The lowest BCUT2D eigenvalue weighted by Crippen LogP contribution is -2.28. The van der Waals surface area contributed by atoms with Crippen LogP contribution in [-0.4, -0.2) is 11.2 Å². The van der Waals surface area contributed by atoms with Gasteiger partial charge in [0.05, 0.1) is 6.10 Å². The molecular formula is C15H23ClO. The Hall–Kier alpha value is -0.530. The average Bonchev–Trinajstić information content (AvgIpc) is 2.20. The SMILES string of the molecule is CC(Cc1ccccc1Cl)CC(O)C(C)(C)C. The van der Waals surface area contributed by atoms with Crippen molar-refractivity contribution in [1.82, 2.24) is 0 Å². The quantitative estimate of drug-likeness (QED) is 0.849. The molecule has 1 nitrogen and oxygen atoms in total. The predicted molar refractivity (Wildman–Crippen MR) is 74.4 cm³/mol. The molecule has 0 bridgehead atoms. The molecule has 1 aromatic rings. The predicted octanol–water partition coefficient (Wildman–Crippen LogP) is 4.32. The highest BCUT2D eigenvalue weighted by Gasteiger charge is 2.24. The molecule has 2 heteroatoms. The largest absolute Gasteiger partial charge is 0.393 e. The van der Waals surface area contributed by atoms with E-state index in [1.807, 2.05) is 18.2 Å². The van der Waals surface area contributed by atoms with Crippen molar-refractivity contribution in [1.29, 1.82) is 0 Å². The Morgan fingerprint density at radius 3 is 2.35 bits per heavy atom. The normalized spacial score (nSPS) is 15.6. The molecule has 0 amide bonds. The molecule has 96 valence electrons. The van der Waals surface area contributed by atoms with E-state index >= 15 is 0 Å². The molecule has 0 aliphatic rings. The van der Waals surface area contributed by atoms with Crippen LogP contribution < -0.4 is 0 Å². The number of halogens is 1. The zero-order valence-electron chi connectivity index (χ0n) is 11.2. The highest BCUT2D eigenvalue weighted by atomic mass is 35.5. The van der Waals surface area contributed by atoms with E-state index in [0.717, 1.165) is 17.9 Å². The van der Waals surface area contributed by atoms with E-state index in [4.69, 9.17) is 11.6 Å². The average molecular weight is 255 g/mol. The Labute approximate surface area is 110 Å². The summed E-state index contributed by atoms with van der Waals surface area (Å²) in [6.07, 6.45) is 1.47. The van der Waals surface area contributed by atoms with Gasteiger partial charge in [-0.25, -0.2) is 0 Å². The van der Waals surface area contributed by atoms with Gasteiger partial charge in [0.2, 0.25) is 0 Å². The molecule has 17 heavy (non-hydrogen) atoms. The van der Waals surface area contributed by atoms with Gasteiger partial charge in [0.15, 0.2) is 0 Å². The molecule has 0 spiro atoms. The van der Waals surface area contributed by atoms with Crippen LogP contribution in [-0.2, 0) is 6.42 Å². The van der Waals surface area contributed by atoms with E-state index in [0.29, 0.717) is 5.92 Å². The van der Waals surface area contributed by atoms with Gasteiger partial charge in [-0.2, -0.15) is 0 Å². The van der Waals surface area contributed by atoms with Crippen LogP contribution in [0.5, 0.6) is 0 Å². The fourth-order valence-electron chi connectivity index (χ4n) is 1.86. The van der Waals surface area contributed by atoms with Crippen LogP contribution in [0.1, 0.15) is 39.7 Å². The monoisotopic (exact) mass is 254 g/mol. The highest BCUT2D eigenvalue weighted by Crippen LogP contribution is 2.27. The van der Waals surface area contributed by atoms with Crippen LogP contribution in [0.15, 0.2) is 24.3 Å². The number of rotatable bonds is 4. The van der Waals surface area contributed by atoms with Crippen LogP contribution >= 0.6 is 11.6 Å². The standard InChI is InChI=1S/C15H23ClO/c1-11(10-14(17)15(2,3)4)9-12-7-5-6-8-13(12)16/h5-8,11,14,17H,9-10H2,1-4H3. The second-order valence-electron chi connectivity index (χ2n) is 6.02. The maximum Gasteiger partial charge on any atom is 0.0591 e. The van der Waals surface area contributed by atoms with E-state index in [1.165, 1.54) is 5.56 Å². The Kier molecular flexibility index (Phi) is 5.03. The molecule has 0 aromatic heterocycles. The van der Waals surface area contributed by atoms with Gasteiger partial charge in [0, 0.05) is 5.02 Å². The molecule has 2 unspecified atom stereocenters. The van der Waals surface area contributed by atoms with Crippen molar-refractivity contribution in [2.75, 3.05) is 0 Å². The van der Waals surface area contributed by atoms with Crippen LogP contribution in [0.2, 0.25) is 5.02 Å². The summed E-state index contributed by atoms with van der Waals surface area (Å²) in [4.78, 5) is 0. The fourth-order valence-corrected chi connectivity index (χ4v) is 2.07. The maximum absolute atomic E-state index is 10.1. The number of hydrogen-bond acceptors (Lipinski definition) is 1. The zero-order valence-corrected chi connectivity index (χ0v) is 12.0.